The largest absolute Gasteiger partial charge is 0.432 e. The topological polar surface area (TPSA) is 12.4 Å². The smallest absolute Gasteiger partial charge is 0.317 e. The number of alkyl halides is 3. The summed E-state index contributed by atoms with van der Waals surface area (Å²) in [6.07, 6.45) is -4.47. The summed E-state index contributed by atoms with van der Waals surface area (Å²) in [5, 5.41) is 0. The van der Waals surface area contributed by atoms with Crippen molar-refractivity contribution in [3.8, 4) is 11.1 Å². The molecule has 2 aromatic carbocycles. The van der Waals surface area contributed by atoms with Gasteiger partial charge in [0.05, 0.1) is 0 Å². The van der Waals surface area contributed by atoms with Crippen molar-refractivity contribution in [2.75, 3.05) is 0 Å². The molecule has 0 saturated heterocycles. The van der Waals surface area contributed by atoms with E-state index in [2.05, 4.69) is 4.66 Å². The first-order valence-electron chi connectivity index (χ1n) is 7.00. The molecular formula is C17H18F3NSi. The number of halogens is 3. The number of hydrogen-bond donors (Lipinski definition) is 0. The van der Waals surface area contributed by atoms with Crippen molar-refractivity contribution < 1.29 is 13.2 Å². The Morgan fingerprint density at radius 1 is 0.864 bits per heavy atom. The predicted octanol–water partition coefficient (Wildman–Crippen LogP) is 5.54. The maximum atomic E-state index is 13.5. The van der Waals surface area contributed by atoms with Gasteiger partial charge in [-0.3, -0.25) is 0 Å². The molecule has 0 fully saturated rings. The van der Waals surface area contributed by atoms with Gasteiger partial charge in [-0.25, -0.2) is 0 Å². The molecule has 0 aliphatic rings. The molecule has 0 aromatic heterocycles. The SMILES string of the molecule is C[Si](C)(C)/N=C(\c1ccccc1-c1ccccc1)C(F)(F)F. The first-order valence-corrected chi connectivity index (χ1v) is 10.4. The average Bonchev–Trinajstić information content (AvgIpc) is 2.44. The van der Waals surface area contributed by atoms with E-state index in [-0.39, 0.29) is 5.56 Å². The molecule has 1 nitrogen and oxygen atoms in total. The second kappa shape index (κ2) is 6.08. The molecule has 2 aromatic rings. The van der Waals surface area contributed by atoms with E-state index in [0.717, 1.165) is 5.56 Å². The minimum atomic E-state index is -4.47. The van der Waals surface area contributed by atoms with Gasteiger partial charge in [0.25, 0.3) is 0 Å². The van der Waals surface area contributed by atoms with Crippen molar-refractivity contribution in [2.45, 2.75) is 25.8 Å². The molecule has 22 heavy (non-hydrogen) atoms. The highest BCUT2D eigenvalue weighted by molar-refractivity contribution is 6.75. The standard InChI is InChI=1S/C17H18F3NSi/c1-22(2,3)21-16(17(18,19)20)15-12-8-7-11-14(15)13-9-5-4-6-10-13/h4-12H,1-3H3/b21-16+. The summed E-state index contributed by atoms with van der Waals surface area (Å²) in [6, 6.07) is 15.6. The normalized spacial score (nSPS) is 13.3. The summed E-state index contributed by atoms with van der Waals surface area (Å²) in [5.41, 5.74) is 0.679. The number of nitrogens with zero attached hydrogens (tertiary/aromatic N) is 1. The average molecular weight is 321 g/mol. The molecule has 0 spiro atoms. The Kier molecular flexibility index (Phi) is 4.56. The van der Waals surface area contributed by atoms with Gasteiger partial charge in [0.2, 0.25) is 0 Å². The first-order chi connectivity index (χ1) is 10.2. The van der Waals surface area contributed by atoms with Crippen LogP contribution >= 0.6 is 0 Å². The summed E-state index contributed by atoms with van der Waals surface area (Å²) in [4.78, 5) is 0. The lowest BCUT2D eigenvalue weighted by molar-refractivity contribution is -0.0578. The van der Waals surface area contributed by atoms with Gasteiger partial charge in [-0.15, -0.1) is 0 Å². The van der Waals surface area contributed by atoms with E-state index < -0.39 is 20.1 Å². The quantitative estimate of drug-likeness (QED) is 0.520. The lowest BCUT2D eigenvalue weighted by Crippen LogP contribution is -2.30. The molecule has 0 N–H and O–H groups in total. The predicted molar refractivity (Wildman–Crippen MR) is 87.8 cm³/mol. The van der Waals surface area contributed by atoms with E-state index >= 15 is 0 Å². The highest BCUT2D eigenvalue weighted by atomic mass is 28.3. The number of benzene rings is 2. The van der Waals surface area contributed by atoms with E-state index in [1.807, 2.05) is 18.2 Å². The van der Waals surface area contributed by atoms with Crippen molar-refractivity contribution in [1.29, 1.82) is 0 Å². The molecule has 0 saturated carbocycles. The highest BCUT2D eigenvalue weighted by Gasteiger charge is 2.38. The van der Waals surface area contributed by atoms with Crippen LogP contribution in [0.2, 0.25) is 19.6 Å². The molecule has 0 unspecified atom stereocenters. The van der Waals surface area contributed by atoms with Crippen molar-refractivity contribution in [2.24, 2.45) is 4.66 Å². The number of rotatable bonds is 3. The number of hydrogen-bond acceptors (Lipinski definition) is 1. The van der Waals surface area contributed by atoms with Crippen molar-refractivity contribution in [3.05, 3.63) is 60.2 Å². The fraction of sp³-hybridized carbons (Fsp3) is 0.235. The molecule has 0 radical (unpaired) electrons. The van der Waals surface area contributed by atoms with Crippen LogP contribution in [0.3, 0.4) is 0 Å². The van der Waals surface area contributed by atoms with Crippen LogP contribution in [0.1, 0.15) is 5.56 Å². The fourth-order valence-corrected chi connectivity index (χ4v) is 3.09. The van der Waals surface area contributed by atoms with Gasteiger partial charge in [0.15, 0.2) is 8.24 Å². The third kappa shape index (κ3) is 4.07. The molecule has 0 bridgehead atoms. The van der Waals surface area contributed by atoms with Crippen molar-refractivity contribution >= 4 is 13.9 Å². The molecule has 5 heteroatoms. The Balaban J connectivity index is 2.67. The Bertz CT molecular complexity index is 670. The zero-order valence-electron chi connectivity index (χ0n) is 12.8. The molecule has 0 atom stereocenters. The maximum Gasteiger partial charge on any atom is 0.432 e. The van der Waals surface area contributed by atoms with Crippen LogP contribution in [0.5, 0.6) is 0 Å². The van der Waals surface area contributed by atoms with Crippen LogP contribution < -0.4 is 0 Å². The van der Waals surface area contributed by atoms with Gasteiger partial charge in [-0.1, -0.05) is 54.6 Å². The van der Waals surface area contributed by atoms with Gasteiger partial charge in [-0.05, 0) is 30.8 Å². The fourth-order valence-electron chi connectivity index (χ4n) is 2.17. The van der Waals surface area contributed by atoms with Crippen LogP contribution in [0.15, 0.2) is 59.3 Å². The van der Waals surface area contributed by atoms with Crippen LogP contribution in [0, 0.1) is 0 Å². The van der Waals surface area contributed by atoms with Crippen LogP contribution in [-0.2, 0) is 0 Å². The van der Waals surface area contributed by atoms with Gasteiger partial charge < -0.3 is 4.66 Å². The van der Waals surface area contributed by atoms with E-state index in [1.165, 1.54) is 6.07 Å². The van der Waals surface area contributed by atoms with Crippen molar-refractivity contribution in [1.82, 2.24) is 0 Å². The van der Waals surface area contributed by atoms with E-state index in [4.69, 9.17) is 0 Å². The summed E-state index contributed by atoms with van der Waals surface area (Å²) >= 11 is 0. The maximum absolute atomic E-state index is 13.5. The lowest BCUT2D eigenvalue weighted by Gasteiger charge is -2.19. The lowest BCUT2D eigenvalue weighted by atomic mass is 9.96. The zero-order valence-corrected chi connectivity index (χ0v) is 13.8. The minimum absolute atomic E-state index is 0.142. The summed E-state index contributed by atoms with van der Waals surface area (Å²) in [7, 11) is -2.27. The summed E-state index contributed by atoms with van der Waals surface area (Å²) in [5.74, 6) is 0. The van der Waals surface area contributed by atoms with E-state index in [9.17, 15) is 13.2 Å². The van der Waals surface area contributed by atoms with E-state index in [1.54, 1.807) is 50.0 Å². The first kappa shape index (κ1) is 16.5. The van der Waals surface area contributed by atoms with Crippen LogP contribution in [0.4, 0.5) is 13.2 Å². The molecule has 0 amide bonds. The molecule has 116 valence electrons. The second-order valence-corrected chi connectivity index (χ2v) is 10.6. The molecule has 0 aliphatic carbocycles. The molecule has 2 rings (SSSR count). The Morgan fingerprint density at radius 2 is 1.41 bits per heavy atom. The molecule has 0 aliphatic heterocycles. The van der Waals surface area contributed by atoms with Gasteiger partial charge in [0.1, 0.15) is 5.71 Å². The highest BCUT2D eigenvalue weighted by Crippen LogP contribution is 2.31. The third-order valence-corrected chi connectivity index (χ3v) is 3.88. The second-order valence-electron chi connectivity index (χ2n) is 6.04. The van der Waals surface area contributed by atoms with Crippen molar-refractivity contribution in [3.63, 3.8) is 0 Å². The van der Waals surface area contributed by atoms with Crippen LogP contribution in [-0.4, -0.2) is 20.1 Å². The van der Waals surface area contributed by atoms with Gasteiger partial charge in [-0.2, -0.15) is 13.2 Å². The zero-order chi connectivity index (χ0) is 16.4. The van der Waals surface area contributed by atoms with Crippen LogP contribution in [0.25, 0.3) is 11.1 Å². The Labute approximate surface area is 129 Å². The third-order valence-electron chi connectivity index (χ3n) is 2.98. The van der Waals surface area contributed by atoms with Gasteiger partial charge >= 0.3 is 6.18 Å². The summed E-state index contributed by atoms with van der Waals surface area (Å²) in [6.45, 7) is 5.39. The molecule has 0 heterocycles. The monoisotopic (exact) mass is 321 g/mol. The minimum Gasteiger partial charge on any atom is -0.317 e. The van der Waals surface area contributed by atoms with E-state index in [0.29, 0.717) is 5.56 Å². The molecular weight excluding hydrogens is 303 g/mol. The Hall–Kier alpha value is -1.88. The van der Waals surface area contributed by atoms with Gasteiger partial charge in [0, 0.05) is 5.56 Å². The summed E-state index contributed by atoms with van der Waals surface area (Å²) < 4.78 is 44.6. The Morgan fingerprint density at radius 3 is 1.95 bits per heavy atom.